The molecule has 1 atom stereocenters. The molecule has 1 aliphatic heterocycles. The van der Waals surface area contributed by atoms with E-state index in [-0.39, 0.29) is 11.1 Å². The number of sulfone groups is 1. The van der Waals surface area contributed by atoms with Crippen molar-refractivity contribution in [3.8, 4) is 0 Å². The van der Waals surface area contributed by atoms with E-state index in [0.717, 1.165) is 12.8 Å². The largest absolute Gasteiger partial charge is 0.342 e. The smallest absolute Gasteiger partial charge is 0.250 e. The third-order valence-corrected chi connectivity index (χ3v) is 5.17. The maximum absolute atomic E-state index is 12.2. The van der Waals surface area contributed by atoms with Gasteiger partial charge in [0, 0.05) is 20.1 Å². The van der Waals surface area contributed by atoms with Gasteiger partial charge in [0.2, 0.25) is 20.9 Å². The zero-order valence-corrected chi connectivity index (χ0v) is 11.2. The van der Waals surface area contributed by atoms with E-state index in [1.165, 1.54) is 17.8 Å². The third kappa shape index (κ3) is 2.12. The molecule has 0 radical (unpaired) electrons. The minimum atomic E-state index is -3.76. The Balaban J connectivity index is 2.25. The van der Waals surface area contributed by atoms with Crippen LogP contribution in [0, 0.1) is 0 Å². The summed E-state index contributed by atoms with van der Waals surface area (Å²) < 4.78 is 25.8. The first-order chi connectivity index (χ1) is 8.44. The number of hydrogen-bond donors (Lipinski definition) is 0. The molecule has 0 N–H and O–H groups in total. The van der Waals surface area contributed by atoms with Crippen molar-refractivity contribution in [3.63, 3.8) is 0 Å². The lowest BCUT2D eigenvalue weighted by Gasteiger charge is -2.19. The van der Waals surface area contributed by atoms with Gasteiger partial charge < -0.3 is 9.47 Å². The van der Waals surface area contributed by atoms with Gasteiger partial charge in [-0.15, -0.1) is 10.2 Å². The second-order valence-corrected chi connectivity index (χ2v) is 6.61. The lowest BCUT2D eigenvalue weighted by atomic mass is 10.4. The zero-order valence-electron chi connectivity index (χ0n) is 10.4. The number of hydrogen-bond acceptors (Lipinski definition) is 5. The van der Waals surface area contributed by atoms with E-state index >= 15 is 0 Å². The fraction of sp³-hybridized carbons (Fsp3) is 0.700. The molecule has 0 bridgehead atoms. The predicted molar refractivity (Wildman–Crippen MR) is 63.5 cm³/mol. The van der Waals surface area contributed by atoms with Gasteiger partial charge in [-0.25, -0.2) is 8.42 Å². The van der Waals surface area contributed by atoms with Crippen LogP contribution in [0.25, 0.3) is 0 Å². The van der Waals surface area contributed by atoms with E-state index in [1.807, 2.05) is 0 Å². The van der Waals surface area contributed by atoms with E-state index in [1.54, 1.807) is 11.9 Å². The first-order valence-corrected chi connectivity index (χ1v) is 7.36. The molecule has 18 heavy (non-hydrogen) atoms. The Morgan fingerprint density at radius 1 is 1.39 bits per heavy atom. The third-order valence-electron chi connectivity index (χ3n) is 3.16. The van der Waals surface area contributed by atoms with E-state index in [2.05, 4.69) is 10.2 Å². The Labute approximate surface area is 106 Å². The Morgan fingerprint density at radius 3 is 2.50 bits per heavy atom. The number of carbonyl (C=O) groups excluding carboxylic acids is 1. The monoisotopic (exact) mass is 272 g/mol. The van der Waals surface area contributed by atoms with Gasteiger partial charge in [0.05, 0.1) is 0 Å². The molecule has 8 heteroatoms. The highest BCUT2D eigenvalue weighted by molar-refractivity contribution is 7.92. The summed E-state index contributed by atoms with van der Waals surface area (Å²) in [6.45, 7) is 2.68. The average molecular weight is 272 g/mol. The highest BCUT2D eigenvalue weighted by Crippen LogP contribution is 2.17. The zero-order chi connectivity index (χ0) is 13.3. The van der Waals surface area contributed by atoms with Crippen molar-refractivity contribution in [2.45, 2.75) is 30.2 Å². The van der Waals surface area contributed by atoms with Crippen LogP contribution in [0.3, 0.4) is 0 Å². The molecule has 1 aromatic rings. The van der Waals surface area contributed by atoms with Crippen LogP contribution in [0.2, 0.25) is 0 Å². The summed E-state index contributed by atoms with van der Waals surface area (Å²) in [5.74, 6) is -0.351. The lowest BCUT2D eigenvalue weighted by Crippen LogP contribution is -2.40. The van der Waals surface area contributed by atoms with Crippen LogP contribution in [0.5, 0.6) is 0 Å². The molecule has 1 aromatic heterocycles. The molecule has 1 aliphatic rings. The van der Waals surface area contributed by atoms with Gasteiger partial charge >= 0.3 is 0 Å². The number of aryl methyl sites for hydroxylation is 1. The standard InChI is InChI=1S/C10H16N4O3S/c1-8(9(15)14-5-3-4-6-14)18(16,17)10-12-11-7-13(10)2/h7-8H,3-6H2,1-2H3. The molecule has 1 unspecified atom stereocenters. The van der Waals surface area contributed by atoms with Crippen LogP contribution in [-0.2, 0) is 21.7 Å². The van der Waals surface area contributed by atoms with Gasteiger partial charge in [0.1, 0.15) is 11.6 Å². The second kappa shape index (κ2) is 4.68. The molecule has 0 spiro atoms. The van der Waals surface area contributed by atoms with E-state index in [9.17, 15) is 13.2 Å². The van der Waals surface area contributed by atoms with Crippen molar-refractivity contribution in [1.29, 1.82) is 0 Å². The lowest BCUT2D eigenvalue weighted by molar-refractivity contribution is -0.129. The molecular weight excluding hydrogens is 256 g/mol. The van der Waals surface area contributed by atoms with Crippen LogP contribution in [-0.4, -0.2) is 52.3 Å². The quantitative estimate of drug-likeness (QED) is 0.747. The summed E-state index contributed by atoms with van der Waals surface area (Å²) in [5.41, 5.74) is 0. The molecule has 0 saturated carbocycles. The summed E-state index contributed by atoms with van der Waals surface area (Å²) in [6.07, 6.45) is 3.17. The number of nitrogens with zero attached hydrogens (tertiary/aromatic N) is 4. The second-order valence-electron chi connectivity index (χ2n) is 4.44. The molecule has 2 heterocycles. The molecule has 0 aliphatic carbocycles. The van der Waals surface area contributed by atoms with Crippen molar-refractivity contribution >= 4 is 15.7 Å². The Hall–Kier alpha value is -1.44. The number of carbonyl (C=O) groups is 1. The molecule has 0 aromatic carbocycles. The first kappa shape index (κ1) is 13.0. The van der Waals surface area contributed by atoms with Crippen molar-refractivity contribution < 1.29 is 13.2 Å². The predicted octanol–water partition coefficient (Wildman–Crippen LogP) is -0.400. The van der Waals surface area contributed by atoms with Gasteiger partial charge in [0.25, 0.3) is 0 Å². The van der Waals surface area contributed by atoms with Crippen molar-refractivity contribution in [2.75, 3.05) is 13.1 Å². The molecule has 1 saturated heterocycles. The summed E-state index contributed by atoms with van der Waals surface area (Å²) >= 11 is 0. The minimum Gasteiger partial charge on any atom is -0.342 e. The summed E-state index contributed by atoms with van der Waals surface area (Å²) in [7, 11) is -2.22. The van der Waals surface area contributed by atoms with Crippen LogP contribution < -0.4 is 0 Å². The molecule has 1 amide bonds. The highest BCUT2D eigenvalue weighted by Gasteiger charge is 2.36. The molecule has 100 valence electrons. The number of likely N-dealkylation sites (tertiary alicyclic amines) is 1. The maximum Gasteiger partial charge on any atom is 0.250 e. The van der Waals surface area contributed by atoms with Crippen molar-refractivity contribution in [3.05, 3.63) is 6.33 Å². The number of amides is 1. The van der Waals surface area contributed by atoms with Gasteiger partial charge in [-0.2, -0.15) is 0 Å². The topological polar surface area (TPSA) is 85.2 Å². The van der Waals surface area contributed by atoms with Crippen LogP contribution >= 0.6 is 0 Å². The average Bonchev–Trinajstić information content (AvgIpc) is 2.97. The summed E-state index contributed by atoms with van der Waals surface area (Å²) in [5, 5.41) is 5.83. The van der Waals surface area contributed by atoms with Crippen LogP contribution in [0.15, 0.2) is 11.5 Å². The molecule has 1 fully saturated rings. The molecule has 2 rings (SSSR count). The Kier molecular flexibility index (Phi) is 3.38. The van der Waals surface area contributed by atoms with Gasteiger partial charge in [0.15, 0.2) is 0 Å². The molecular formula is C10H16N4O3S. The number of aromatic nitrogens is 3. The van der Waals surface area contributed by atoms with Crippen LogP contribution in [0.4, 0.5) is 0 Å². The van der Waals surface area contributed by atoms with Crippen molar-refractivity contribution in [2.24, 2.45) is 7.05 Å². The Bertz CT molecular complexity index is 545. The van der Waals surface area contributed by atoms with Crippen molar-refractivity contribution in [1.82, 2.24) is 19.7 Å². The van der Waals surface area contributed by atoms with E-state index < -0.39 is 15.1 Å². The first-order valence-electron chi connectivity index (χ1n) is 5.81. The normalized spacial score (nSPS) is 18.0. The highest BCUT2D eigenvalue weighted by atomic mass is 32.2. The van der Waals surface area contributed by atoms with Gasteiger partial charge in [-0.3, -0.25) is 4.79 Å². The minimum absolute atomic E-state index is 0.164. The fourth-order valence-electron chi connectivity index (χ4n) is 2.02. The van der Waals surface area contributed by atoms with E-state index in [4.69, 9.17) is 0 Å². The van der Waals surface area contributed by atoms with Gasteiger partial charge in [-0.05, 0) is 19.8 Å². The number of rotatable bonds is 3. The summed E-state index contributed by atoms with van der Waals surface area (Å²) in [4.78, 5) is 13.7. The Morgan fingerprint density at radius 2 is 2.00 bits per heavy atom. The van der Waals surface area contributed by atoms with Crippen LogP contribution in [0.1, 0.15) is 19.8 Å². The SMILES string of the molecule is CC(C(=O)N1CCCC1)S(=O)(=O)c1nncn1C. The van der Waals surface area contributed by atoms with Gasteiger partial charge in [-0.1, -0.05) is 0 Å². The summed E-state index contributed by atoms with van der Waals surface area (Å²) in [6, 6.07) is 0. The molecule has 7 nitrogen and oxygen atoms in total. The fourth-order valence-corrected chi connectivity index (χ4v) is 3.36. The van der Waals surface area contributed by atoms with E-state index in [0.29, 0.717) is 13.1 Å². The maximum atomic E-state index is 12.2.